The number of thiophene rings is 1. The molecular formula is C22H20N2O2S2. The van der Waals surface area contributed by atoms with E-state index in [1.54, 1.807) is 30.2 Å². The molecule has 1 N–H and O–H groups in total. The van der Waals surface area contributed by atoms with Gasteiger partial charge in [0.1, 0.15) is 0 Å². The standard InChI is InChI=1S/C22H20N2O2S2/c1-14-9-12-27-21(14)20-16-5-3-4-6-18(16)28-19-8-7-15(13-17(19)24-20)22(25)23-10-11-26-2/h3-9,12-13H,10-11H2,1-2H3,(H,23,25). The Labute approximate surface area is 172 Å². The molecule has 4 nitrogen and oxygen atoms in total. The van der Waals surface area contributed by atoms with E-state index >= 15 is 0 Å². The molecule has 0 unspecified atom stereocenters. The molecule has 1 aromatic heterocycles. The Morgan fingerprint density at radius 1 is 1.14 bits per heavy atom. The summed E-state index contributed by atoms with van der Waals surface area (Å²) in [5.41, 5.74) is 4.72. The number of carbonyl (C=O) groups is 1. The zero-order valence-electron chi connectivity index (χ0n) is 15.7. The topological polar surface area (TPSA) is 50.7 Å². The molecule has 0 bridgehead atoms. The quantitative estimate of drug-likeness (QED) is 0.469. The van der Waals surface area contributed by atoms with Crippen LogP contribution in [0.1, 0.15) is 26.4 Å². The van der Waals surface area contributed by atoms with Gasteiger partial charge in [0.2, 0.25) is 0 Å². The van der Waals surface area contributed by atoms with Crippen molar-refractivity contribution in [3.05, 3.63) is 75.5 Å². The Morgan fingerprint density at radius 2 is 2.00 bits per heavy atom. The zero-order valence-corrected chi connectivity index (χ0v) is 17.3. The molecule has 0 saturated heterocycles. The Bertz CT molecular complexity index is 1060. The third-order valence-electron chi connectivity index (χ3n) is 4.48. The second-order valence-corrected chi connectivity index (χ2v) is 8.42. The minimum absolute atomic E-state index is 0.115. The summed E-state index contributed by atoms with van der Waals surface area (Å²) in [6, 6.07) is 16.2. The van der Waals surface area contributed by atoms with E-state index in [0.717, 1.165) is 26.7 Å². The molecular weight excluding hydrogens is 388 g/mol. The predicted molar refractivity (Wildman–Crippen MR) is 116 cm³/mol. The van der Waals surface area contributed by atoms with Gasteiger partial charge in [0, 0.05) is 34.6 Å². The molecule has 4 rings (SSSR count). The Balaban J connectivity index is 1.79. The summed E-state index contributed by atoms with van der Waals surface area (Å²) in [5, 5.41) is 4.96. The average molecular weight is 409 g/mol. The fourth-order valence-corrected chi connectivity index (χ4v) is 4.97. The van der Waals surface area contributed by atoms with Crippen LogP contribution in [0.5, 0.6) is 0 Å². The van der Waals surface area contributed by atoms with Crippen LogP contribution in [0.25, 0.3) is 0 Å². The molecule has 0 fully saturated rings. The van der Waals surface area contributed by atoms with Crippen LogP contribution in [-0.4, -0.2) is 31.9 Å². The number of benzene rings is 2. The maximum atomic E-state index is 12.5. The molecule has 1 aliphatic rings. The number of nitrogens with one attached hydrogen (secondary N) is 1. The van der Waals surface area contributed by atoms with Gasteiger partial charge in [0.25, 0.3) is 5.91 Å². The van der Waals surface area contributed by atoms with E-state index in [9.17, 15) is 4.79 Å². The lowest BCUT2D eigenvalue weighted by molar-refractivity contribution is 0.0937. The number of hydrogen-bond donors (Lipinski definition) is 1. The van der Waals surface area contributed by atoms with Crippen LogP contribution in [0.15, 0.2) is 68.7 Å². The second kappa shape index (κ2) is 8.31. The molecule has 0 spiro atoms. The molecule has 28 heavy (non-hydrogen) atoms. The molecule has 3 aromatic rings. The van der Waals surface area contributed by atoms with Crippen molar-refractivity contribution >= 4 is 40.4 Å². The number of carbonyl (C=O) groups excluding carboxylic acids is 1. The van der Waals surface area contributed by atoms with Gasteiger partial charge in [0.05, 0.1) is 22.9 Å². The first kappa shape index (κ1) is 18.9. The lowest BCUT2D eigenvalue weighted by Crippen LogP contribution is -2.26. The van der Waals surface area contributed by atoms with Crippen LogP contribution >= 0.6 is 23.1 Å². The van der Waals surface area contributed by atoms with Crippen LogP contribution in [-0.2, 0) is 4.74 Å². The summed E-state index contributed by atoms with van der Waals surface area (Å²) in [5.74, 6) is -0.115. The molecule has 0 aliphatic carbocycles. The lowest BCUT2D eigenvalue weighted by atomic mass is 10.1. The van der Waals surface area contributed by atoms with E-state index in [0.29, 0.717) is 18.7 Å². The van der Waals surface area contributed by atoms with E-state index in [1.165, 1.54) is 10.5 Å². The van der Waals surface area contributed by atoms with Gasteiger partial charge in [-0.25, -0.2) is 4.99 Å². The van der Waals surface area contributed by atoms with Crippen molar-refractivity contribution in [2.45, 2.75) is 16.7 Å². The number of amides is 1. The highest BCUT2D eigenvalue weighted by molar-refractivity contribution is 7.99. The Kier molecular flexibility index (Phi) is 5.62. The normalized spacial score (nSPS) is 12.6. The van der Waals surface area contributed by atoms with Crippen LogP contribution in [0.2, 0.25) is 0 Å². The molecule has 1 amide bonds. The summed E-state index contributed by atoms with van der Waals surface area (Å²) in [6.45, 7) is 3.08. The highest BCUT2D eigenvalue weighted by atomic mass is 32.2. The minimum Gasteiger partial charge on any atom is -0.383 e. The molecule has 6 heteroatoms. The molecule has 0 atom stereocenters. The zero-order chi connectivity index (χ0) is 19.5. The number of rotatable bonds is 5. The average Bonchev–Trinajstić information content (AvgIpc) is 3.05. The van der Waals surface area contributed by atoms with Crippen LogP contribution < -0.4 is 5.32 Å². The third-order valence-corrected chi connectivity index (χ3v) is 6.65. The van der Waals surface area contributed by atoms with E-state index in [-0.39, 0.29) is 5.91 Å². The molecule has 2 aromatic carbocycles. The van der Waals surface area contributed by atoms with Gasteiger partial charge in [-0.3, -0.25) is 4.79 Å². The van der Waals surface area contributed by atoms with Gasteiger partial charge in [-0.05, 0) is 48.2 Å². The summed E-state index contributed by atoms with van der Waals surface area (Å²) in [4.78, 5) is 20.9. The van der Waals surface area contributed by atoms with Gasteiger partial charge in [-0.1, -0.05) is 30.0 Å². The van der Waals surface area contributed by atoms with Crippen molar-refractivity contribution in [2.24, 2.45) is 4.99 Å². The van der Waals surface area contributed by atoms with Crippen LogP contribution in [0, 0.1) is 6.92 Å². The van der Waals surface area contributed by atoms with Crippen LogP contribution in [0.4, 0.5) is 5.69 Å². The number of fused-ring (bicyclic) bond motifs is 2. The first-order valence-corrected chi connectivity index (χ1v) is 10.7. The molecule has 2 heterocycles. The van der Waals surface area contributed by atoms with Crippen LogP contribution in [0.3, 0.4) is 0 Å². The van der Waals surface area contributed by atoms with E-state index < -0.39 is 0 Å². The monoisotopic (exact) mass is 408 g/mol. The largest absolute Gasteiger partial charge is 0.383 e. The van der Waals surface area contributed by atoms with Gasteiger partial charge >= 0.3 is 0 Å². The highest BCUT2D eigenvalue weighted by Crippen LogP contribution is 2.42. The predicted octanol–water partition coefficient (Wildman–Crippen LogP) is 5.07. The van der Waals surface area contributed by atoms with Gasteiger partial charge in [-0.15, -0.1) is 11.3 Å². The van der Waals surface area contributed by atoms with Crippen molar-refractivity contribution < 1.29 is 9.53 Å². The van der Waals surface area contributed by atoms with E-state index in [4.69, 9.17) is 9.73 Å². The van der Waals surface area contributed by atoms with Crippen molar-refractivity contribution in [3.8, 4) is 0 Å². The minimum atomic E-state index is -0.115. The number of ether oxygens (including phenoxy) is 1. The summed E-state index contributed by atoms with van der Waals surface area (Å²) in [6.07, 6.45) is 0. The summed E-state index contributed by atoms with van der Waals surface area (Å²) >= 11 is 3.38. The van der Waals surface area contributed by atoms with Crippen molar-refractivity contribution in [2.75, 3.05) is 20.3 Å². The Morgan fingerprint density at radius 3 is 2.79 bits per heavy atom. The maximum absolute atomic E-state index is 12.5. The summed E-state index contributed by atoms with van der Waals surface area (Å²) < 4.78 is 5.00. The number of nitrogens with zero attached hydrogens (tertiary/aromatic N) is 1. The number of methoxy groups -OCH3 is 1. The fourth-order valence-electron chi connectivity index (χ4n) is 3.04. The smallest absolute Gasteiger partial charge is 0.251 e. The van der Waals surface area contributed by atoms with Crippen molar-refractivity contribution in [1.82, 2.24) is 5.32 Å². The van der Waals surface area contributed by atoms with E-state index in [1.807, 2.05) is 30.3 Å². The summed E-state index contributed by atoms with van der Waals surface area (Å²) in [7, 11) is 1.62. The number of aliphatic imine (C=N–C) groups is 1. The van der Waals surface area contributed by atoms with Gasteiger partial charge in [-0.2, -0.15) is 0 Å². The highest BCUT2D eigenvalue weighted by Gasteiger charge is 2.21. The van der Waals surface area contributed by atoms with E-state index in [2.05, 4.69) is 35.8 Å². The fraction of sp³-hybridized carbons (Fsp3) is 0.182. The molecule has 0 radical (unpaired) electrons. The van der Waals surface area contributed by atoms with Gasteiger partial charge < -0.3 is 10.1 Å². The van der Waals surface area contributed by atoms with Crippen molar-refractivity contribution in [1.29, 1.82) is 0 Å². The first-order chi connectivity index (χ1) is 13.7. The maximum Gasteiger partial charge on any atom is 0.251 e. The number of hydrogen-bond acceptors (Lipinski definition) is 5. The SMILES string of the molecule is COCCNC(=O)c1ccc2c(c1)N=C(c1sccc1C)c1ccccc1S2. The second-order valence-electron chi connectivity index (χ2n) is 6.42. The molecule has 142 valence electrons. The first-order valence-electron chi connectivity index (χ1n) is 8.99. The van der Waals surface area contributed by atoms with Gasteiger partial charge in [0.15, 0.2) is 0 Å². The van der Waals surface area contributed by atoms with Crippen molar-refractivity contribution in [3.63, 3.8) is 0 Å². The lowest BCUT2D eigenvalue weighted by Gasteiger charge is -2.08. The third kappa shape index (κ3) is 3.76. The molecule has 0 saturated carbocycles. The molecule has 1 aliphatic heterocycles. The Hall–Kier alpha value is -2.41. The number of aryl methyl sites for hydroxylation is 1.